The summed E-state index contributed by atoms with van der Waals surface area (Å²) in [4.78, 5) is 22.1. The van der Waals surface area contributed by atoms with Gasteiger partial charge in [-0.3, -0.25) is 4.79 Å². The van der Waals surface area contributed by atoms with Crippen molar-refractivity contribution in [3.63, 3.8) is 0 Å². The van der Waals surface area contributed by atoms with E-state index in [2.05, 4.69) is 44.4 Å². The lowest BCUT2D eigenvalue weighted by Crippen LogP contribution is -2.19. The molecule has 2 unspecified atom stereocenters. The largest absolute Gasteiger partial charge is 0.337 e. The van der Waals surface area contributed by atoms with E-state index < -0.39 is 5.82 Å². The van der Waals surface area contributed by atoms with E-state index in [1.54, 1.807) is 18.2 Å². The average molecular weight is 436 g/mol. The number of hydrogen-bond donors (Lipinski definition) is 2. The Bertz CT molecular complexity index is 1270. The van der Waals surface area contributed by atoms with Crippen LogP contribution in [0.1, 0.15) is 12.0 Å². The fourth-order valence-corrected chi connectivity index (χ4v) is 4.51. The van der Waals surface area contributed by atoms with Gasteiger partial charge in [-0.2, -0.15) is 0 Å². The van der Waals surface area contributed by atoms with E-state index in [9.17, 15) is 9.18 Å². The number of amides is 1. The first-order chi connectivity index (χ1) is 15.0. The van der Waals surface area contributed by atoms with Crippen LogP contribution in [0.15, 0.2) is 36.7 Å². The van der Waals surface area contributed by atoms with Crippen LogP contribution in [-0.2, 0) is 4.79 Å². The van der Waals surface area contributed by atoms with Gasteiger partial charge in [0.25, 0.3) is 0 Å². The molecule has 1 aliphatic heterocycles. The molecule has 1 saturated carbocycles. The van der Waals surface area contributed by atoms with Gasteiger partial charge in [-0.05, 0) is 43.7 Å². The quantitative estimate of drug-likeness (QED) is 0.478. The zero-order valence-electron chi connectivity index (χ0n) is 16.7. The summed E-state index contributed by atoms with van der Waals surface area (Å²) in [6.45, 7) is 2.05. The van der Waals surface area contributed by atoms with Crippen LogP contribution in [-0.4, -0.2) is 41.4 Å². The van der Waals surface area contributed by atoms with Gasteiger partial charge in [0.15, 0.2) is 5.82 Å². The van der Waals surface area contributed by atoms with E-state index in [0.29, 0.717) is 40.3 Å². The van der Waals surface area contributed by atoms with Crippen molar-refractivity contribution in [2.24, 2.45) is 11.3 Å². The number of carbonyl (C=O) groups excluding carboxylic acids is 1. The minimum Gasteiger partial charge on any atom is -0.337 e. The Labute approximate surface area is 183 Å². The van der Waals surface area contributed by atoms with E-state index in [0.717, 1.165) is 19.5 Å². The Hall–Kier alpha value is -3.21. The van der Waals surface area contributed by atoms with E-state index in [1.807, 2.05) is 6.07 Å². The number of halogens is 2. The molecule has 1 amide bonds. The summed E-state index contributed by atoms with van der Waals surface area (Å²) < 4.78 is 14.3. The van der Waals surface area contributed by atoms with Crippen LogP contribution < -0.4 is 10.6 Å². The Kier molecular flexibility index (Phi) is 4.77. The third kappa shape index (κ3) is 3.58. The summed E-state index contributed by atoms with van der Waals surface area (Å²) >= 11 is 5.88. The van der Waals surface area contributed by atoms with Crippen molar-refractivity contribution >= 4 is 46.1 Å². The number of benzene rings is 2. The van der Waals surface area contributed by atoms with Gasteiger partial charge in [0.2, 0.25) is 6.41 Å². The van der Waals surface area contributed by atoms with Crippen LogP contribution in [0.3, 0.4) is 0 Å². The molecule has 0 bridgehead atoms. The predicted molar refractivity (Wildman–Crippen MR) is 119 cm³/mol. The highest BCUT2D eigenvalue weighted by atomic mass is 35.5. The van der Waals surface area contributed by atoms with Crippen molar-refractivity contribution in [3.05, 3.63) is 53.1 Å². The number of anilines is 3. The molecule has 1 aliphatic carbocycles. The first-order valence-corrected chi connectivity index (χ1v) is 10.3. The van der Waals surface area contributed by atoms with Gasteiger partial charge >= 0.3 is 0 Å². The van der Waals surface area contributed by atoms with Crippen molar-refractivity contribution < 1.29 is 9.18 Å². The molecule has 8 heteroatoms. The highest BCUT2D eigenvalue weighted by Gasteiger charge is 2.58. The lowest BCUT2D eigenvalue weighted by atomic mass is 10.0. The summed E-state index contributed by atoms with van der Waals surface area (Å²) in [5, 5.41) is 6.33. The molecule has 156 valence electrons. The average Bonchev–Trinajstić information content (AvgIpc) is 3.31. The Morgan fingerprint density at radius 3 is 2.97 bits per heavy atom. The van der Waals surface area contributed by atoms with Crippen LogP contribution in [0.25, 0.3) is 10.9 Å². The summed E-state index contributed by atoms with van der Waals surface area (Å²) in [6.07, 6.45) is 3.13. The topological polar surface area (TPSA) is 70.2 Å². The number of likely N-dealkylation sites (tertiary alicyclic amines) is 1. The molecule has 2 atom stereocenters. The van der Waals surface area contributed by atoms with Crippen LogP contribution in [0.5, 0.6) is 0 Å². The second kappa shape index (κ2) is 7.49. The summed E-state index contributed by atoms with van der Waals surface area (Å²) in [5.41, 5.74) is 2.14. The van der Waals surface area contributed by atoms with E-state index >= 15 is 0 Å². The van der Waals surface area contributed by atoms with Gasteiger partial charge in [-0.25, -0.2) is 14.4 Å². The maximum absolute atomic E-state index is 14.3. The molecular formula is C23H19ClFN5O. The molecule has 2 N–H and O–H groups in total. The molecular weight excluding hydrogens is 417 g/mol. The van der Waals surface area contributed by atoms with Crippen molar-refractivity contribution in [3.8, 4) is 11.8 Å². The van der Waals surface area contributed by atoms with Crippen LogP contribution in [0.2, 0.25) is 5.02 Å². The number of rotatable bonds is 4. The lowest BCUT2D eigenvalue weighted by Gasteiger charge is -2.12. The first-order valence-electron chi connectivity index (χ1n) is 9.91. The third-order valence-corrected chi connectivity index (χ3v) is 6.25. The smallest absolute Gasteiger partial charge is 0.211 e. The number of hydrogen-bond acceptors (Lipinski definition) is 5. The fourth-order valence-electron chi connectivity index (χ4n) is 4.34. The van der Waals surface area contributed by atoms with Gasteiger partial charge in [0.1, 0.15) is 12.1 Å². The number of nitrogens with zero attached hydrogens (tertiary/aromatic N) is 3. The van der Waals surface area contributed by atoms with Gasteiger partial charge in [-0.15, -0.1) is 0 Å². The first kappa shape index (κ1) is 19.7. The maximum atomic E-state index is 14.3. The van der Waals surface area contributed by atoms with E-state index in [4.69, 9.17) is 11.6 Å². The normalized spacial score (nSPS) is 21.8. The molecule has 2 fully saturated rings. The SMILES string of the molecule is CN1CC2CC2(C#Cc2cc3ncnc(Nc4cccc(Cl)c4F)c3cc2NC=O)C1. The zero-order chi connectivity index (χ0) is 21.6. The van der Waals surface area contributed by atoms with Gasteiger partial charge in [0, 0.05) is 23.9 Å². The Morgan fingerprint density at radius 1 is 1.32 bits per heavy atom. The molecule has 0 spiro atoms. The van der Waals surface area contributed by atoms with E-state index in [-0.39, 0.29) is 16.1 Å². The molecule has 2 aliphatic rings. The number of nitrogens with one attached hydrogen (secondary N) is 2. The molecule has 0 radical (unpaired) electrons. The fraction of sp³-hybridized carbons (Fsp3) is 0.261. The van der Waals surface area contributed by atoms with E-state index in [1.165, 1.54) is 12.4 Å². The molecule has 1 saturated heterocycles. The minimum atomic E-state index is -0.565. The minimum absolute atomic E-state index is 0.0135. The standard InChI is InChI=1S/C23H19ClFN5O/c1-30-10-15-9-23(15,11-30)6-5-14-7-20-16(8-19(14)28-13-31)22(27-12-26-20)29-18-4-2-3-17(24)21(18)25/h2-4,7-8,12-13,15H,9-11H2,1H3,(H,28,31)(H,26,27,29). The van der Waals surface area contributed by atoms with Crippen molar-refractivity contribution in [2.45, 2.75) is 6.42 Å². The van der Waals surface area contributed by atoms with Crippen LogP contribution in [0.4, 0.5) is 21.6 Å². The molecule has 2 aromatic carbocycles. The summed E-state index contributed by atoms with van der Waals surface area (Å²) in [7, 11) is 2.11. The van der Waals surface area contributed by atoms with Crippen molar-refractivity contribution in [1.82, 2.24) is 14.9 Å². The van der Waals surface area contributed by atoms with Crippen molar-refractivity contribution in [2.75, 3.05) is 30.8 Å². The number of aromatic nitrogens is 2. The molecule has 3 aromatic rings. The Morgan fingerprint density at radius 2 is 2.19 bits per heavy atom. The lowest BCUT2D eigenvalue weighted by molar-refractivity contribution is -0.105. The molecule has 31 heavy (non-hydrogen) atoms. The molecule has 5 rings (SSSR count). The summed E-state index contributed by atoms with van der Waals surface area (Å²) in [6, 6.07) is 8.27. The number of fused-ring (bicyclic) bond motifs is 2. The molecule has 2 heterocycles. The number of piperidine rings is 1. The molecule has 6 nitrogen and oxygen atoms in total. The highest BCUT2D eigenvalue weighted by Crippen LogP contribution is 2.56. The predicted octanol–water partition coefficient (Wildman–Crippen LogP) is 4.04. The summed E-state index contributed by atoms with van der Waals surface area (Å²) in [5.74, 6) is 7.16. The van der Waals surface area contributed by atoms with Gasteiger partial charge in [-0.1, -0.05) is 29.5 Å². The zero-order valence-corrected chi connectivity index (χ0v) is 17.5. The second-order valence-corrected chi connectivity index (χ2v) is 8.54. The monoisotopic (exact) mass is 435 g/mol. The van der Waals surface area contributed by atoms with Crippen LogP contribution >= 0.6 is 11.6 Å². The van der Waals surface area contributed by atoms with Gasteiger partial charge < -0.3 is 15.5 Å². The molecule has 1 aromatic heterocycles. The van der Waals surface area contributed by atoms with Crippen molar-refractivity contribution in [1.29, 1.82) is 0 Å². The van der Waals surface area contributed by atoms with Crippen LogP contribution in [0, 0.1) is 29.0 Å². The van der Waals surface area contributed by atoms with Gasteiger partial charge in [0.05, 0.1) is 27.5 Å². The number of carbonyl (C=O) groups is 1. The maximum Gasteiger partial charge on any atom is 0.211 e. The third-order valence-electron chi connectivity index (χ3n) is 5.96. The Balaban J connectivity index is 1.55. The second-order valence-electron chi connectivity index (χ2n) is 8.13. The highest BCUT2D eigenvalue weighted by molar-refractivity contribution is 6.31.